The molecular weight excluding hydrogens is 254 g/mol. The van der Waals surface area contributed by atoms with Crippen molar-refractivity contribution in [3.63, 3.8) is 0 Å². The Morgan fingerprint density at radius 2 is 2.15 bits per heavy atom. The summed E-state index contributed by atoms with van der Waals surface area (Å²) in [5, 5.41) is 8.74. The third kappa shape index (κ3) is 5.04. The molecule has 1 amide bonds. The summed E-state index contributed by atoms with van der Waals surface area (Å²) in [6.45, 7) is 1.31. The number of ether oxygens (including phenoxy) is 1. The first-order valence-electron chi connectivity index (χ1n) is 6.64. The van der Waals surface area contributed by atoms with Crippen molar-refractivity contribution in [2.24, 2.45) is 0 Å². The Labute approximate surface area is 120 Å². The van der Waals surface area contributed by atoms with Crippen LogP contribution in [0.2, 0.25) is 0 Å². The average molecular weight is 275 g/mol. The van der Waals surface area contributed by atoms with Crippen LogP contribution in [0.1, 0.15) is 28.8 Å². The summed E-state index contributed by atoms with van der Waals surface area (Å²) in [7, 11) is 3.42. The molecule has 1 rings (SSSR count). The zero-order valence-electron chi connectivity index (χ0n) is 12.1. The van der Waals surface area contributed by atoms with Gasteiger partial charge in [0.2, 0.25) is 0 Å². The molecule has 0 aliphatic heterocycles. The molecule has 0 saturated heterocycles. The summed E-state index contributed by atoms with van der Waals surface area (Å²) in [5.74, 6) is 5.74. The van der Waals surface area contributed by atoms with Crippen LogP contribution >= 0.6 is 0 Å². The van der Waals surface area contributed by atoms with E-state index in [0.717, 1.165) is 6.42 Å². The van der Waals surface area contributed by atoms with Crippen molar-refractivity contribution in [1.29, 1.82) is 0 Å². The topological polar surface area (TPSA) is 49.8 Å². The number of carbonyl (C=O) groups excluding carboxylic acids is 1. The Hall–Kier alpha value is -1.83. The number of rotatable bonds is 6. The molecule has 0 saturated carbocycles. The van der Waals surface area contributed by atoms with Crippen molar-refractivity contribution in [2.75, 3.05) is 33.9 Å². The van der Waals surface area contributed by atoms with Gasteiger partial charge in [0.1, 0.15) is 0 Å². The summed E-state index contributed by atoms with van der Waals surface area (Å²) >= 11 is 0. The van der Waals surface area contributed by atoms with E-state index in [-0.39, 0.29) is 12.5 Å². The van der Waals surface area contributed by atoms with Crippen LogP contribution < -0.4 is 0 Å². The normalized spacial score (nSPS) is 9.75. The minimum atomic E-state index is -0.0463. The van der Waals surface area contributed by atoms with Gasteiger partial charge < -0.3 is 14.7 Å². The lowest BCUT2D eigenvalue weighted by Gasteiger charge is -2.17. The fourth-order valence-electron chi connectivity index (χ4n) is 1.75. The quantitative estimate of drug-likeness (QED) is 0.633. The lowest BCUT2D eigenvalue weighted by molar-refractivity contribution is 0.0779. The van der Waals surface area contributed by atoms with Gasteiger partial charge in [-0.15, -0.1) is 0 Å². The van der Waals surface area contributed by atoms with Crippen LogP contribution in [-0.2, 0) is 4.74 Å². The van der Waals surface area contributed by atoms with E-state index >= 15 is 0 Å². The Kier molecular flexibility index (Phi) is 7.41. The highest BCUT2D eigenvalue weighted by molar-refractivity contribution is 5.96. The van der Waals surface area contributed by atoms with Crippen molar-refractivity contribution in [3.8, 4) is 11.8 Å². The maximum Gasteiger partial charge on any atom is 0.254 e. The lowest BCUT2D eigenvalue weighted by Crippen LogP contribution is -2.29. The van der Waals surface area contributed by atoms with E-state index in [0.29, 0.717) is 30.7 Å². The van der Waals surface area contributed by atoms with Gasteiger partial charge in [-0.1, -0.05) is 24.0 Å². The van der Waals surface area contributed by atoms with Gasteiger partial charge in [-0.05, 0) is 18.6 Å². The molecule has 0 aliphatic rings. The van der Waals surface area contributed by atoms with E-state index in [1.807, 2.05) is 18.2 Å². The second kappa shape index (κ2) is 9.13. The van der Waals surface area contributed by atoms with Crippen LogP contribution in [0.25, 0.3) is 0 Å². The second-order valence-corrected chi connectivity index (χ2v) is 4.39. The maximum atomic E-state index is 12.4. The fourth-order valence-corrected chi connectivity index (χ4v) is 1.75. The third-order valence-electron chi connectivity index (χ3n) is 2.81. The van der Waals surface area contributed by atoms with E-state index in [1.165, 1.54) is 0 Å². The predicted octanol–water partition coefficient (Wildman–Crippen LogP) is 1.53. The van der Waals surface area contributed by atoms with Gasteiger partial charge >= 0.3 is 0 Å². The molecule has 0 unspecified atom stereocenters. The molecule has 1 N–H and O–H groups in total. The van der Waals surface area contributed by atoms with Crippen LogP contribution in [-0.4, -0.2) is 49.8 Å². The van der Waals surface area contributed by atoms with Crippen molar-refractivity contribution in [2.45, 2.75) is 12.8 Å². The first kappa shape index (κ1) is 16.2. The van der Waals surface area contributed by atoms with E-state index < -0.39 is 0 Å². The molecule has 4 nitrogen and oxygen atoms in total. The van der Waals surface area contributed by atoms with Crippen LogP contribution in [0, 0.1) is 11.8 Å². The first-order valence-corrected chi connectivity index (χ1v) is 6.64. The number of carbonyl (C=O) groups is 1. The van der Waals surface area contributed by atoms with Crippen molar-refractivity contribution in [1.82, 2.24) is 4.90 Å². The van der Waals surface area contributed by atoms with E-state index in [9.17, 15) is 4.79 Å². The Balaban J connectivity index is 2.79. The summed E-state index contributed by atoms with van der Waals surface area (Å²) in [5.41, 5.74) is 1.29. The van der Waals surface area contributed by atoms with Gasteiger partial charge in [-0.3, -0.25) is 4.79 Å². The molecule has 108 valence electrons. The number of amides is 1. The second-order valence-electron chi connectivity index (χ2n) is 4.39. The molecular formula is C16H21NO3. The number of benzene rings is 1. The van der Waals surface area contributed by atoms with E-state index in [1.54, 1.807) is 25.1 Å². The van der Waals surface area contributed by atoms with Gasteiger partial charge in [0, 0.05) is 39.3 Å². The maximum absolute atomic E-state index is 12.4. The summed E-state index contributed by atoms with van der Waals surface area (Å²) in [4.78, 5) is 14.0. The summed E-state index contributed by atoms with van der Waals surface area (Å²) in [6, 6.07) is 7.27. The summed E-state index contributed by atoms with van der Waals surface area (Å²) in [6.07, 6.45) is 1.21. The van der Waals surface area contributed by atoms with Gasteiger partial charge in [0.15, 0.2) is 0 Å². The number of hydrogen-bond donors (Lipinski definition) is 1. The van der Waals surface area contributed by atoms with Crippen molar-refractivity contribution in [3.05, 3.63) is 35.4 Å². The SMILES string of the molecule is COCCCN(C)C(=O)c1ccccc1C#CCCO. The zero-order chi connectivity index (χ0) is 14.8. The molecule has 0 fully saturated rings. The van der Waals surface area contributed by atoms with Gasteiger partial charge in [-0.2, -0.15) is 0 Å². The van der Waals surface area contributed by atoms with Crippen LogP contribution in [0.3, 0.4) is 0 Å². The molecule has 0 heterocycles. The number of aliphatic hydroxyl groups excluding tert-OH is 1. The minimum Gasteiger partial charge on any atom is -0.395 e. The number of nitrogens with zero attached hydrogens (tertiary/aromatic N) is 1. The van der Waals surface area contributed by atoms with Crippen molar-refractivity contribution >= 4 is 5.91 Å². The minimum absolute atomic E-state index is 0.0278. The van der Waals surface area contributed by atoms with E-state index in [2.05, 4.69) is 11.8 Å². The number of methoxy groups -OCH3 is 1. The molecule has 0 atom stereocenters. The summed E-state index contributed by atoms with van der Waals surface area (Å²) < 4.78 is 4.98. The monoisotopic (exact) mass is 275 g/mol. The molecule has 0 bridgehead atoms. The van der Waals surface area contributed by atoms with Gasteiger partial charge in [-0.25, -0.2) is 0 Å². The molecule has 1 aromatic carbocycles. The van der Waals surface area contributed by atoms with E-state index in [4.69, 9.17) is 9.84 Å². The molecule has 0 aliphatic carbocycles. The number of aliphatic hydroxyl groups is 1. The highest BCUT2D eigenvalue weighted by atomic mass is 16.5. The number of hydrogen-bond acceptors (Lipinski definition) is 3. The zero-order valence-corrected chi connectivity index (χ0v) is 12.1. The smallest absolute Gasteiger partial charge is 0.254 e. The molecule has 0 radical (unpaired) electrons. The highest BCUT2D eigenvalue weighted by Gasteiger charge is 2.14. The van der Waals surface area contributed by atoms with Crippen LogP contribution in [0.4, 0.5) is 0 Å². The molecule has 20 heavy (non-hydrogen) atoms. The standard InChI is InChI=1S/C16H21NO3/c1-17(11-7-13-20-2)16(19)15-10-4-3-8-14(15)9-5-6-12-18/h3-4,8,10,18H,6-7,11-13H2,1-2H3. The third-order valence-corrected chi connectivity index (χ3v) is 2.81. The largest absolute Gasteiger partial charge is 0.395 e. The molecule has 0 spiro atoms. The Morgan fingerprint density at radius 1 is 1.40 bits per heavy atom. The van der Waals surface area contributed by atoms with Gasteiger partial charge in [0.05, 0.1) is 12.2 Å². The van der Waals surface area contributed by atoms with Crippen LogP contribution in [0.5, 0.6) is 0 Å². The molecule has 0 aromatic heterocycles. The first-order chi connectivity index (χ1) is 9.70. The van der Waals surface area contributed by atoms with Gasteiger partial charge in [0.25, 0.3) is 5.91 Å². The Morgan fingerprint density at radius 3 is 2.85 bits per heavy atom. The predicted molar refractivity (Wildman–Crippen MR) is 78.5 cm³/mol. The molecule has 4 heteroatoms. The average Bonchev–Trinajstić information content (AvgIpc) is 2.47. The Bertz CT molecular complexity index is 488. The lowest BCUT2D eigenvalue weighted by atomic mass is 10.1. The highest BCUT2D eigenvalue weighted by Crippen LogP contribution is 2.10. The van der Waals surface area contributed by atoms with Crippen LogP contribution in [0.15, 0.2) is 24.3 Å². The molecule has 1 aromatic rings. The van der Waals surface area contributed by atoms with Crippen molar-refractivity contribution < 1.29 is 14.6 Å². The fraction of sp³-hybridized carbons (Fsp3) is 0.438.